The van der Waals surface area contributed by atoms with Crippen molar-refractivity contribution in [1.82, 2.24) is 10.2 Å². The molecule has 0 aromatic carbocycles. The molecule has 0 aromatic rings. The fraction of sp³-hybridized carbons (Fsp3) is 0.889. The summed E-state index contributed by atoms with van der Waals surface area (Å²) in [6.45, 7) is 1.68. The normalized spacial score (nSPS) is 22.4. The Kier molecular flexibility index (Phi) is 4.18. The van der Waals surface area contributed by atoms with E-state index in [1.54, 1.807) is 0 Å². The zero-order chi connectivity index (χ0) is 9.68. The smallest absolute Gasteiger partial charge is 0.220 e. The van der Waals surface area contributed by atoms with Gasteiger partial charge in [0.25, 0.3) is 0 Å². The van der Waals surface area contributed by atoms with E-state index in [1.165, 1.54) is 0 Å². The molecular weight excluding hydrogens is 168 g/mol. The van der Waals surface area contributed by atoms with E-state index in [4.69, 9.17) is 0 Å². The van der Waals surface area contributed by atoms with Gasteiger partial charge in [0.05, 0.1) is 6.61 Å². The standard InChI is InChI=1S/C9H17N2O2/c1-11(5-2-6-12)7-8-3-4-9(13)10-8/h8H,2-7H2,1H3,(H,10,13). The van der Waals surface area contributed by atoms with Crippen molar-refractivity contribution < 1.29 is 9.90 Å². The van der Waals surface area contributed by atoms with Crippen molar-refractivity contribution in [3.05, 3.63) is 0 Å². The molecule has 0 aromatic heterocycles. The van der Waals surface area contributed by atoms with Gasteiger partial charge >= 0.3 is 0 Å². The molecule has 4 nitrogen and oxygen atoms in total. The maximum atomic E-state index is 10.9. The maximum Gasteiger partial charge on any atom is 0.220 e. The molecule has 1 aliphatic rings. The van der Waals surface area contributed by atoms with Crippen LogP contribution in [0.4, 0.5) is 0 Å². The highest BCUT2D eigenvalue weighted by Gasteiger charge is 2.21. The van der Waals surface area contributed by atoms with Crippen LogP contribution in [0.2, 0.25) is 0 Å². The first-order valence-corrected chi connectivity index (χ1v) is 4.78. The van der Waals surface area contributed by atoms with Gasteiger partial charge in [0.2, 0.25) is 5.91 Å². The van der Waals surface area contributed by atoms with Gasteiger partial charge in [-0.15, -0.1) is 0 Å². The van der Waals surface area contributed by atoms with Crippen molar-refractivity contribution in [2.45, 2.75) is 25.3 Å². The molecule has 1 fully saturated rings. The van der Waals surface area contributed by atoms with E-state index in [9.17, 15) is 9.90 Å². The van der Waals surface area contributed by atoms with Crippen LogP contribution in [-0.4, -0.2) is 43.6 Å². The second-order valence-corrected chi connectivity index (χ2v) is 3.62. The molecule has 0 spiro atoms. The average molecular weight is 185 g/mol. The van der Waals surface area contributed by atoms with Crippen molar-refractivity contribution in [2.75, 3.05) is 26.7 Å². The molecule has 1 heterocycles. The lowest BCUT2D eigenvalue weighted by Gasteiger charge is -2.19. The number of hydrogen-bond donors (Lipinski definition) is 1. The van der Waals surface area contributed by atoms with Crippen molar-refractivity contribution in [3.63, 3.8) is 0 Å². The Morgan fingerprint density at radius 1 is 1.62 bits per heavy atom. The fourth-order valence-electron chi connectivity index (χ4n) is 1.62. The highest BCUT2D eigenvalue weighted by atomic mass is 16.3. The third-order valence-electron chi connectivity index (χ3n) is 2.30. The molecule has 1 unspecified atom stereocenters. The van der Waals surface area contributed by atoms with Crippen molar-refractivity contribution >= 4 is 5.91 Å². The first-order valence-electron chi connectivity index (χ1n) is 4.78. The summed E-state index contributed by atoms with van der Waals surface area (Å²) < 4.78 is 0. The zero-order valence-corrected chi connectivity index (χ0v) is 8.08. The van der Waals surface area contributed by atoms with E-state index in [0.717, 1.165) is 19.5 Å². The molecule has 0 saturated carbocycles. The quantitative estimate of drug-likeness (QED) is 0.656. The number of likely N-dealkylation sites (N-methyl/N-ethyl adjacent to an activating group) is 1. The van der Waals surface area contributed by atoms with Crippen molar-refractivity contribution in [1.29, 1.82) is 0 Å². The molecule has 4 heteroatoms. The lowest BCUT2D eigenvalue weighted by molar-refractivity contribution is -0.119. The van der Waals surface area contributed by atoms with Crippen LogP contribution in [0.1, 0.15) is 19.3 Å². The number of carbonyl (C=O) groups excluding carboxylic acids is 1. The predicted molar refractivity (Wildman–Crippen MR) is 48.8 cm³/mol. The Bertz CT molecular complexity index is 173. The van der Waals surface area contributed by atoms with Crippen LogP contribution < -0.4 is 5.32 Å². The van der Waals surface area contributed by atoms with Crippen LogP contribution in [0.5, 0.6) is 0 Å². The third kappa shape index (κ3) is 3.74. The summed E-state index contributed by atoms with van der Waals surface area (Å²) in [5.74, 6) is 0.155. The number of carbonyl (C=O) groups is 1. The summed E-state index contributed by atoms with van der Waals surface area (Å²) in [6.07, 6.45) is 2.28. The molecule has 1 aliphatic heterocycles. The minimum absolute atomic E-state index is 0.0125. The van der Waals surface area contributed by atoms with E-state index in [2.05, 4.69) is 10.2 Å². The molecule has 1 amide bonds. The molecule has 1 atom stereocenters. The molecule has 1 rings (SSSR count). The second-order valence-electron chi connectivity index (χ2n) is 3.62. The molecule has 1 radical (unpaired) electrons. The van der Waals surface area contributed by atoms with Crippen LogP contribution in [0.25, 0.3) is 0 Å². The minimum atomic E-state index is -0.0125. The number of rotatable bonds is 5. The monoisotopic (exact) mass is 185 g/mol. The predicted octanol–water partition coefficient (Wildman–Crippen LogP) is 0.0174. The Labute approximate surface area is 78.9 Å². The van der Waals surface area contributed by atoms with Crippen molar-refractivity contribution in [2.24, 2.45) is 0 Å². The fourth-order valence-corrected chi connectivity index (χ4v) is 1.62. The highest BCUT2D eigenvalue weighted by molar-refractivity contribution is 5.78. The average Bonchev–Trinajstić information content (AvgIpc) is 2.48. The molecule has 0 bridgehead atoms. The van der Waals surface area contributed by atoms with E-state index in [1.807, 2.05) is 7.05 Å². The zero-order valence-electron chi connectivity index (χ0n) is 8.08. The molecule has 0 aliphatic carbocycles. The van der Waals surface area contributed by atoms with E-state index in [-0.39, 0.29) is 12.5 Å². The van der Waals surface area contributed by atoms with Crippen LogP contribution in [0, 0.1) is 0 Å². The summed E-state index contributed by atoms with van der Waals surface area (Å²) >= 11 is 0. The number of amides is 1. The van der Waals surface area contributed by atoms with E-state index >= 15 is 0 Å². The Morgan fingerprint density at radius 2 is 2.38 bits per heavy atom. The number of nitrogens with one attached hydrogen (secondary N) is 1. The second kappa shape index (κ2) is 5.19. The maximum absolute atomic E-state index is 10.9. The molecule has 1 saturated heterocycles. The summed E-state index contributed by atoms with van der Waals surface area (Å²) in [6, 6.07) is 0.296. The molecule has 13 heavy (non-hydrogen) atoms. The Morgan fingerprint density at radius 3 is 2.92 bits per heavy atom. The Balaban J connectivity index is 2.13. The summed E-state index contributed by atoms with van der Waals surface area (Å²) in [7, 11) is 1.99. The third-order valence-corrected chi connectivity index (χ3v) is 2.30. The molecule has 75 valence electrons. The van der Waals surface area contributed by atoms with Gasteiger partial charge in [-0.2, -0.15) is 0 Å². The van der Waals surface area contributed by atoms with Crippen LogP contribution in [0.3, 0.4) is 0 Å². The SMILES string of the molecule is CN(CCC[O])CC1CCC(=O)N1. The van der Waals surface area contributed by atoms with E-state index < -0.39 is 0 Å². The summed E-state index contributed by atoms with van der Waals surface area (Å²) in [5.41, 5.74) is 0. The number of hydrogen-bond acceptors (Lipinski definition) is 2. The van der Waals surface area contributed by atoms with Crippen LogP contribution in [0.15, 0.2) is 0 Å². The van der Waals surface area contributed by atoms with Crippen molar-refractivity contribution in [3.8, 4) is 0 Å². The van der Waals surface area contributed by atoms with Gasteiger partial charge in [0.1, 0.15) is 0 Å². The van der Waals surface area contributed by atoms with Gasteiger partial charge in [-0.1, -0.05) is 0 Å². The number of nitrogens with zero attached hydrogens (tertiary/aromatic N) is 1. The summed E-state index contributed by atoms with van der Waals surface area (Å²) in [4.78, 5) is 13.0. The lowest BCUT2D eigenvalue weighted by Crippen LogP contribution is -2.37. The Hall–Kier alpha value is -0.610. The van der Waals surface area contributed by atoms with Crippen LogP contribution >= 0.6 is 0 Å². The lowest BCUT2D eigenvalue weighted by atomic mass is 10.2. The van der Waals surface area contributed by atoms with E-state index in [0.29, 0.717) is 18.9 Å². The van der Waals surface area contributed by atoms with Crippen LogP contribution in [-0.2, 0) is 9.90 Å². The van der Waals surface area contributed by atoms with Gasteiger partial charge in [0.15, 0.2) is 0 Å². The summed E-state index contributed by atoms with van der Waals surface area (Å²) in [5, 5.41) is 13.1. The largest absolute Gasteiger partial charge is 0.352 e. The first kappa shape index (κ1) is 10.5. The van der Waals surface area contributed by atoms with Gasteiger partial charge < -0.3 is 10.2 Å². The van der Waals surface area contributed by atoms with Gasteiger partial charge in [-0.05, 0) is 19.9 Å². The van der Waals surface area contributed by atoms with Gasteiger partial charge in [0, 0.05) is 25.6 Å². The molecular formula is C9H17N2O2. The minimum Gasteiger partial charge on any atom is -0.352 e. The topological polar surface area (TPSA) is 52.2 Å². The van der Waals surface area contributed by atoms with Gasteiger partial charge in [-0.3, -0.25) is 4.79 Å². The molecule has 1 N–H and O–H groups in total. The highest BCUT2D eigenvalue weighted by Crippen LogP contribution is 2.07. The first-order chi connectivity index (χ1) is 6.22. The van der Waals surface area contributed by atoms with Gasteiger partial charge in [-0.25, -0.2) is 5.11 Å².